The molecule has 2 rings (SSSR count). The third-order valence-corrected chi connectivity index (χ3v) is 4.05. The highest BCUT2D eigenvalue weighted by Crippen LogP contribution is 2.33. The standard InChI is InChI=1S/C13H25NO/c1-11-6-7-12(15-11)10-13(14)8-4-2-3-5-9-13/h11-12H,2-10,14H2,1H3. The van der Waals surface area contributed by atoms with Crippen LogP contribution in [0.4, 0.5) is 0 Å². The minimum atomic E-state index is 0.0885. The van der Waals surface area contributed by atoms with E-state index in [4.69, 9.17) is 10.5 Å². The van der Waals surface area contributed by atoms with Crippen LogP contribution in [0.15, 0.2) is 0 Å². The highest BCUT2D eigenvalue weighted by atomic mass is 16.5. The second-order valence-corrected chi connectivity index (χ2v) is 5.63. The van der Waals surface area contributed by atoms with Crippen molar-refractivity contribution in [2.45, 2.75) is 82.5 Å². The average Bonchev–Trinajstić information content (AvgIpc) is 2.46. The Hall–Kier alpha value is -0.0800. The molecule has 2 heteroatoms. The first kappa shape index (κ1) is 11.4. The van der Waals surface area contributed by atoms with Crippen molar-refractivity contribution in [1.29, 1.82) is 0 Å². The van der Waals surface area contributed by atoms with Crippen LogP contribution in [0, 0.1) is 0 Å². The molecule has 88 valence electrons. The molecule has 0 aromatic carbocycles. The summed E-state index contributed by atoms with van der Waals surface area (Å²) >= 11 is 0. The zero-order chi connectivity index (χ0) is 10.7. The zero-order valence-corrected chi connectivity index (χ0v) is 10.0. The van der Waals surface area contributed by atoms with Gasteiger partial charge in [-0.1, -0.05) is 25.7 Å². The molecule has 0 bridgehead atoms. The molecular formula is C13H25NO. The van der Waals surface area contributed by atoms with Crippen LogP contribution in [-0.4, -0.2) is 17.7 Å². The lowest BCUT2D eigenvalue weighted by Crippen LogP contribution is -2.42. The third kappa shape index (κ3) is 3.18. The predicted molar refractivity (Wildman–Crippen MR) is 62.8 cm³/mol. The molecule has 15 heavy (non-hydrogen) atoms. The van der Waals surface area contributed by atoms with Crippen molar-refractivity contribution in [3.63, 3.8) is 0 Å². The van der Waals surface area contributed by atoms with Crippen molar-refractivity contribution >= 4 is 0 Å². The monoisotopic (exact) mass is 211 g/mol. The minimum absolute atomic E-state index is 0.0885. The minimum Gasteiger partial charge on any atom is -0.375 e. The maximum Gasteiger partial charge on any atom is 0.0597 e. The Morgan fingerprint density at radius 3 is 2.33 bits per heavy atom. The van der Waals surface area contributed by atoms with Gasteiger partial charge in [0.05, 0.1) is 12.2 Å². The van der Waals surface area contributed by atoms with Gasteiger partial charge in [-0.2, -0.15) is 0 Å². The van der Waals surface area contributed by atoms with Gasteiger partial charge in [-0.25, -0.2) is 0 Å². The summed E-state index contributed by atoms with van der Waals surface area (Å²) in [6.45, 7) is 2.18. The van der Waals surface area contributed by atoms with E-state index in [9.17, 15) is 0 Å². The van der Waals surface area contributed by atoms with Crippen LogP contribution in [0.1, 0.15) is 64.7 Å². The van der Waals surface area contributed by atoms with Crippen LogP contribution >= 0.6 is 0 Å². The Labute approximate surface area is 93.6 Å². The SMILES string of the molecule is CC1CCC(CC2(N)CCCCCC2)O1. The predicted octanol–water partition coefficient (Wildman–Crippen LogP) is 3.00. The summed E-state index contributed by atoms with van der Waals surface area (Å²) in [5, 5.41) is 0. The summed E-state index contributed by atoms with van der Waals surface area (Å²) in [5.74, 6) is 0. The largest absolute Gasteiger partial charge is 0.375 e. The second-order valence-electron chi connectivity index (χ2n) is 5.63. The summed E-state index contributed by atoms with van der Waals surface area (Å²) in [7, 11) is 0. The summed E-state index contributed by atoms with van der Waals surface area (Å²) < 4.78 is 5.89. The van der Waals surface area contributed by atoms with E-state index in [0.29, 0.717) is 12.2 Å². The molecule has 2 atom stereocenters. The Balaban J connectivity index is 1.85. The van der Waals surface area contributed by atoms with Gasteiger partial charge < -0.3 is 10.5 Å². The maximum atomic E-state index is 6.50. The smallest absolute Gasteiger partial charge is 0.0597 e. The van der Waals surface area contributed by atoms with Gasteiger partial charge in [0.25, 0.3) is 0 Å². The number of hydrogen-bond donors (Lipinski definition) is 1. The van der Waals surface area contributed by atoms with Crippen molar-refractivity contribution in [3.8, 4) is 0 Å². The molecule has 0 spiro atoms. The topological polar surface area (TPSA) is 35.2 Å². The van der Waals surface area contributed by atoms with Gasteiger partial charge in [-0.15, -0.1) is 0 Å². The summed E-state index contributed by atoms with van der Waals surface area (Å²) in [4.78, 5) is 0. The van der Waals surface area contributed by atoms with E-state index in [-0.39, 0.29) is 5.54 Å². The molecular weight excluding hydrogens is 186 g/mol. The van der Waals surface area contributed by atoms with Gasteiger partial charge in [0.1, 0.15) is 0 Å². The molecule has 0 aromatic heterocycles. The van der Waals surface area contributed by atoms with E-state index in [1.165, 1.54) is 51.4 Å². The van der Waals surface area contributed by atoms with Gasteiger partial charge in [0, 0.05) is 5.54 Å². The lowest BCUT2D eigenvalue weighted by atomic mass is 9.85. The zero-order valence-electron chi connectivity index (χ0n) is 10.0. The van der Waals surface area contributed by atoms with Crippen molar-refractivity contribution in [2.75, 3.05) is 0 Å². The van der Waals surface area contributed by atoms with Crippen LogP contribution in [-0.2, 0) is 4.74 Å². The highest BCUT2D eigenvalue weighted by Gasteiger charge is 2.32. The number of hydrogen-bond acceptors (Lipinski definition) is 2. The van der Waals surface area contributed by atoms with E-state index in [2.05, 4.69) is 6.92 Å². The first-order valence-electron chi connectivity index (χ1n) is 6.62. The number of nitrogens with two attached hydrogens (primary N) is 1. The molecule has 2 nitrogen and oxygen atoms in total. The van der Waals surface area contributed by atoms with Crippen LogP contribution in [0.5, 0.6) is 0 Å². The Morgan fingerprint density at radius 2 is 1.80 bits per heavy atom. The van der Waals surface area contributed by atoms with Crippen LogP contribution in [0.2, 0.25) is 0 Å². The second kappa shape index (κ2) is 4.84. The molecule has 0 amide bonds. The normalized spacial score (nSPS) is 36.4. The Bertz CT molecular complexity index is 197. The quantitative estimate of drug-likeness (QED) is 0.713. The molecule has 1 aliphatic carbocycles. The molecule has 0 radical (unpaired) electrons. The molecule has 1 aliphatic heterocycles. The van der Waals surface area contributed by atoms with E-state index < -0.39 is 0 Å². The summed E-state index contributed by atoms with van der Waals surface area (Å²) in [6.07, 6.45) is 12.3. The van der Waals surface area contributed by atoms with E-state index >= 15 is 0 Å². The van der Waals surface area contributed by atoms with Crippen molar-refractivity contribution < 1.29 is 4.74 Å². The van der Waals surface area contributed by atoms with E-state index in [1.54, 1.807) is 0 Å². The first-order chi connectivity index (χ1) is 7.18. The summed E-state index contributed by atoms with van der Waals surface area (Å²) in [6, 6.07) is 0. The molecule has 2 N–H and O–H groups in total. The fourth-order valence-electron chi connectivity index (χ4n) is 3.13. The fourth-order valence-corrected chi connectivity index (χ4v) is 3.13. The third-order valence-electron chi connectivity index (χ3n) is 4.05. The Morgan fingerprint density at radius 1 is 1.13 bits per heavy atom. The molecule has 1 saturated carbocycles. The molecule has 0 aromatic rings. The molecule has 2 fully saturated rings. The summed E-state index contributed by atoms with van der Waals surface area (Å²) in [5.41, 5.74) is 6.59. The molecule has 1 heterocycles. The molecule has 1 saturated heterocycles. The van der Waals surface area contributed by atoms with Gasteiger partial charge >= 0.3 is 0 Å². The number of rotatable bonds is 2. The van der Waals surface area contributed by atoms with Crippen LogP contribution < -0.4 is 5.73 Å². The van der Waals surface area contributed by atoms with E-state index in [0.717, 1.165) is 6.42 Å². The van der Waals surface area contributed by atoms with Crippen molar-refractivity contribution in [2.24, 2.45) is 5.73 Å². The average molecular weight is 211 g/mol. The highest BCUT2D eigenvalue weighted by molar-refractivity contribution is 4.90. The lowest BCUT2D eigenvalue weighted by Gasteiger charge is -2.30. The lowest BCUT2D eigenvalue weighted by molar-refractivity contribution is 0.0345. The van der Waals surface area contributed by atoms with Crippen LogP contribution in [0.25, 0.3) is 0 Å². The van der Waals surface area contributed by atoms with Crippen molar-refractivity contribution in [3.05, 3.63) is 0 Å². The van der Waals surface area contributed by atoms with Crippen molar-refractivity contribution in [1.82, 2.24) is 0 Å². The van der Waals surface area contributed by atoms with Gasteiger partial charge in [-0.05, 0) is 39.0 Å². The maximum absolute atomic E-state index is 6.50. The van der Waals surface area contributed by atoms with Gasteiger partial charge in [0.2, 0.25) is 0 Å². The fraction of sp³-hybridized carbons (Fsp3) is 1.00. The Kier molecular flexibility index (Phi) is 3.68. The molecule has 2 aliphatic rings. The van der Waals surface area contributed by atoms with E-state index in [1.807, 2.05) is 0 Å². The first-order valence-corrected chi connectivity index (χ1v) is 6.62. The van der Waals surface area contributed by atoms with Gasteiger partial charge in [-0.3, -0.25) is 0 Å². The van der Waals surface area contributed by atoms with Gasteiger partial charge in [0.15, 0.2) is 0 Å². The van der Waals surface area contributed by atoms with Crippen LogP contribution in [0.3, 0.4) is 0 Å². The number of ether oxygens (including phenoxy) is 1. The molecule has 2 unspecified atom stereocenters.